The number of carbonyl (C=O) groups is 1. The number of nitrogens with one attached hydrogen (secondary N) is 1. The lowest BCUT2D eigenvalue weighted by atomic mass is 10.1. The van der Waals surface area contributed by atoms with Gasteiger partial charge in [0.25, 0.3) is 5.91 Å². The first-order valence-electron chi connectivity index (χ1n) is 8.30. The SMILES string of the molecule is COc1ccccc1C(=O)N(Cc1cccnc1)CC1CCNC1.Cl. The smallest absolute Gasteiger partial charge is 0.257 e. The lowest BCUT2D eigenvalue weighted by Crippen LogP contribution is -2.35. The van der Waals surface area contributed by atoms with Gasteiger partial charge in [0, 0.05) is 25.5 Å². The molecule has 0 saturated carbocycles. The normalized spacial score (nSPS) is 16.1. The Kier molecular flexibility index (Phi) is 7.22. The first-order chi connectivity index (χ1) is 11.8. The van der Waals surface area contributed by atoms with Crippen molar-refractivity contribution in [2.24, 2.45) is 5.92 Å². The molecule has 134 valence electrons. The molecule has 3 rings (SSSR count). The molecular weight excluding hydrogens is 338 g/mol. The van der Waals surface area contributed by atoms with E-state index >= 15 is 0 Å². The molecule has 2 aromatic rings. The third-order valence-corrected chi connectivity index (χ3v) is 4.36. The number of amides is 1. The number of carbonyl (C=O) groups excluding carboxylic acids is 1. The molecule has 1 aromatic heterocycles. The van der Waals surface area contributed by atoms with Crippen molar-refractivity contribution >= 4 is 18.3 Å². The van der Waals surface area contributed by atoms with Crippen LogP contribution in [-0.2, 0) is 6.54 Å². The Balaban J connectivity index is 0.00000225. The molecule has 1 N–H and O–H groups in total. The number of rotatable bonds is 6. The second-order valence-electron chi connectivity index (χ2n) is 6.11. The number of methoxy groups -OCH3 is 1. The van der Waals surface area contributed by atoms with Gasteiger partial charge in [-0.1, -0.05) is 18.2 Å². The quantitative estimate of drug-likeness (QED) is 0.859. The predicted octanol–water partition coefficient (Wildman–Crippen LogP) is 2.76. The fourth-order valence-corrected chi connectivity index (χ4v) is 3.10. The van der Waals surface area contributed by atoms with Crippen molar-refractivity contribution in [2.45, 2.75) is 13.0 Å². The Bertz CT molecular complexity index is 675. The summed E-state index contributed by atoms with van der Waals surface area (Å²) in [5, 5.41) is 3.37. The average Bonchev–Trinajstić information content (AvgIpc) is 3.14. The summed E-state index contributed by atoms with van der Waals surface area (Å²) >= 11 is 0. The van der Waals surface area contributed by atoms with Crippen LogP contribution in [-0.4, -0.2) is 42.5 Å². The van der Waals surface area contributed by atoms with Crippen molar-refractivity contribution in [2.75, 3.05) is 26.7 Å². The van der Waals surface area contributed by atoms with Crippen molar-refractivity contribution < 1.29 is 9.53 Å². The van der Waals surface area contributed by atoms with E-state index in [2.05, 4.69) is 10.3 Å². The Labute approximate surface area is 154 Å². The predicted molar refractivity (Wildman–Crippen MR) is 100 cm³/mol. The van der Waals surface area contributed by atoms with Crippen LogP contribution in [0.2, 0.25) is 0 Å². The van der Waals surface area contributed by atoms with Crippen molar-refractivity contribution in [3.05, 3.63) is 59.9 Å². The molecule has 0 spiro atoms. The second-order valence-corrected chi connectivity index (χ2v) is 6.11. The zero-order valence-corrected chi connectivity index (χ0v) is 15.2. The molecule has 1 fully saturated rings. The summed E-state index contributed by atoms with van der Waals surface area (Å²) < 4.78 is 5.36. The molecule has 25 heavy (non-hydrogen) atoms. The fourth-order valence-electron chi connectivity index (χ4n) is 3.10. The summed E-state index contributed by atoms with van der Waals surface area (Å²) in [7, 11) is 1.60. The van der Waals surface area contributed by atoms with Gasteiger partial charge in [-0.25, -0.2) is 0 Å². The first-order valence-corrected chi connectivity index (χ1v) is 8.30. The van der Waals surface area contributed by atoms with Crippen molar-refractivity contribution in [1.29, 1.82) is 0 Å². The van der Waals surface area contributed by atoms with Gasteiger partial charge in [0.15, 0.2) is 0 Å². The lowest BCUT2D eigenvalue weighted by molar-refractivity contribution is 0.0715. The number of para-hydroxylation sites is 1. The van der Waals surface area contributed by atoms with Gasteiger partial charge < -0.3 is 15.0 Å². The maximum absolute atomic E-state index is 13.1. The molecule has 1 saturated heterocycles. The molecular formula is C19H24ClN3O2. The topological polar surface area (TPSA) is 54.5 Å². The third kappa shape index (κ3) is 4.94. The van der Waals surface area contributed by atoms with E-state index in [-0.39, 0.29) is 18.3 Å². The van der Waals surface area contributed by atoms with Crippen LogP contribution in [0.25, 0.3) is 0 Å². The van der Waals surface area contributed by atoms with Gasteiger partial charge in [0.05, 0.1) is 12.7 Å². The molecule has 1 amide bonds. The number of ether oxygens (including phenoxy) is 1. The van der Waals surface area contributed by atoms with E-state index in [0.717, 1.165) is 31.6 Å². The second kappa shape index (κ2) is 9.39. The highest BCUT2D eigenvalue weighted by Gasteiger charge is 2.24. The van der Waals surface area contributed by atoms with E-state index < -0.39 is 0 Å². The Morgan fingerprint density at radius 2 is 2.16 bits per heavy atom. The highest BCUT2D eigenvalue weighted by atomic mass is 35.5. The van der Waals surface area contributed by atoms with Gasteiger partial charge >= 0.3 is 0 Å². The van der Waals surface area contributed by atoms with E-state index in [0.29, 0.717) is 23.8 Å². The summed E-state index contributed by atoms with van der Waals surface area (Å²) in [6, 6.07) is 11.3. The van der Waals surface area contributed by atoms with Crippen LogP contribution in [0.1, 0.15) is 22.3 Å². The van der Waals surface area contributed by atoms with E-state index in [1.165, 1.54) is 0 Å². The minimum atomic E-state index is 0. The number of hydrogen-bond donors (Lipinski definition) is 1. The van der Waals surface area contributed by atoms with Gasteiger partial charge in [-0.3, -0.25) is 9.78 Å². The summed E-state index contributed by atoms with van der Waals surface area (Å²) in [5.41, 5.74) is 1.64. The van der Waals surface area contributed by atoms with Gasteiger partial charge in [-0.2, -0.15) is 0 Å². The molecule has 2 heterocycles. The van der Waals surface area contributed by atoms with E-state index in [1.807, 2.05) is 47.5 Å². The van der Waals surface area contributed by atoms with Gasteiger partial charge in [0.2, 0.25) is 0 Å². The highest BCUT2D eigenvalue weighted by Crippen LogP contribution is 2.22. The van der Waals surface area contributed by atoms with Crippen LogP contribution in [0, 0.1) is 5.92 Å². The molecule has 6 heteroatoms. The van der Waals surface area contributed by atoms with Crippen LogP contribution in [0.5, 0.6) is 5.75 Å². The Morgan fingerprint density at radius 1 is 1.32 bits per heavy atom. The number of halogens is 1. The van der Waals surface area contributed by atoms with Crippen LogP contribution >= 0.6 is 12.4 Å². The van der Waals surface area contributed by atoms with Crippen LogP contribution in [0.15, 0.2) is 48.8 Å². The molecule has 1 aliphatic rings. The van der Waals surface area contributed by atoms with E-state index in [1.54, 1.807) is 13.3 Å². The molecule has 0 bridgehead atoms. The molecule has 1 aromatic carbocycles. The Hall–Kier alpha value is -2.11. The van der Waals surface area contributed by atoms with Crippen molar-refractivity contribution in [3.63, 3.8) is 0 Å². The third-order valence-electron chi connectivity index (χ3n) is 4.36. The zero-order chi connectivity index (χ0) is 16.8. The summed E-state index contributed by atoms with van der Waals surface area (Å²) in [4.78, 5) is 19.2. The first kappa shape index (κ1) is 19.2. The van der Waals surface area contributed by atoms with Crippen LogP contribution < -0.4 is 10.1 Å². The maximum atomic E-state index is 13.1. The van der Waals surface area contributed by atoms with Crippen molar-refractivity contribution in [3.8, 4) is 5.75 Å². The molecule has 0 radical (unpaired) electrons. The monoisotopic (exact) mass is 361 g/mol. The number of aromatic nitrogens is 1. The van der Waals surface area contributed by atoms with Crippen LogP contribution in [0.3, 0.4) is 0 Å². The minimum Gasteiger partial charge on any atom is -0.496 e. The zero-order valence-electron chi connectivity index (χ0n) is 14.4. The number of nitrogens with zero attached hydrogens (tertiary/aromatic N) is 2. The average molecular weight is 362 g/mol. The molecule has 1 unspecified atom stereocenters. The summed E-state index contributed by atoms with van der Waals surface area (Å²) in [6.07, 6.45) is 4.66. The lowest BCUT2D eigenvalue weighted by Gasteiger charge is -2.26. The molecule has 1 aliphatic heterocycles. The number of pyridine rings is 1. The fraction of sp³-hybridized carbons (Fsp3) is 0.368. The molecule has 0 aliphatic carbocycles. The van der Waals surface area contributed by atoms with Gasteiger partial charge in [0.1, 0.15) is 5.75 Å². The summed E-state index contributed by atoms with van der Waals surface area (Å²) in [5.74, 6) is 1.10. The number of hydrogen-bond acceptors (Lipinski definition) is 4. The van der Waals surface area contributed by atoms with E-state index in [9.17, 15) is 4.79 Å². The Morgan fingerprint density at radius 3 is 2.84 bits per heavy atom. The van der Waals surface area contributed by atoms with Crippen molar-refractivity contribution in [1.82, 2.24) is 15.2 Å². The van der Waals surface area contributed by atoms with E-state index in [4.69, 9.17) is 4.74 Å². The molecule has 5 nitrogen and oxygen atoms in total. The van der Waals surface area contributed by atoms with Crippen LogP contribution in [0.4, 0.5) is 0 Å². The largest absolute Gasteiger partial charge is 0.496 e. The standard InChI is InChI=1S/C19H23N3O2.ClH/c1-24-18-7-3-2-6-17(18)19(23)22(14-16-8-10-21-12-16)13-15-5-4-9-20-11-15;/h2-7,9,11,16,21H,8,10,12-14H2,1H3;1H. The summed E-state index contributed by atoms with van der Waals surface area (Å²) in [6.45, 7) is 3.27. The molecule has 1 atom stereocenters. The minimum absolute atomic E-state index is 0. The van der Waals surface area contributed by atoms with Gasteiger partial charge in [-0.05, 0) is 49.2 Å². The number of benzene rings is 1. The van der Waals surface area contributed by atoms with Gasteiger partial charge in [-0.15, -0.1) is 12.4 Å². The highest BCUT2D eigenvalue weighted by molar-refractivity contribution is 5.96. The maximum Gasteiger partial charge on any atom is 0.257 e.